The van der Waals surface area contributed by atoms with E-state index < -0.39 is 0 Å². The molecule has 2 aromatic rings. The van der Waals surface area contributed by atoms with Gasteiger partial charge < -0.3 is 9.73 Å². The molecule has 0 bridgehead atoms. The van der Waals surface area contributed by atoms with Crippen LogP contribution < -0.4 is 10.6 Å². The van der Waals surface area contributed by atoms with Gasteiger partial charge in [0.2, 0.25) is 5.91 Å². The zero-order chi connectivity index (χ0) is 14.8. The predicted octanol–water partition coefficient (Wildman–Crippen LogP) is 2.58. The van der Waals surface area contributed by atoms with Gasteiger partial charge in [0.15, 0.2) is 5.69 Å². The molecule has 1 fully saturated rings. The Morgan fingerprint density at radius 3 is 2.57 bits per heavy atom. The smallest absolute Gasteiger partial charge is 0.302 e. The second-order valence-corrected chi connectivity index (χ2v) is 5.12. The van der Waals surface area contributed by atoms with E-state index in [1.807, 2.05) is 31.2 Å². The Hall–Kier alpha value is -2.63. The van der Waals surface area contributed by atoms with E-state index >= 15 is 0 Å². The molecule has 0 unspecified atom stereocenters. The third kappa shape index (κ3) is 3.28. The van der Waals surface area contributed by atoms with Gasteiger partial charge in [-0.1, -0.05) is 17.7 Å². The molecule has 0 aliphatic heterocycles. The van der Waals surface area contributed by atoms with Crippen molar-refractivity contribution in [3.05, 3.63) is 41.8 Å². The van der Waals surface area contributed by atoms with Crippen LogP contribution >= 0.6 is 0 Å². The minimum Gasteiger partial charge on any atom is -0.431 e. The lowest BCUT2D eigenvalue weighted by molar-refractivity contribution is -0.117. The fraction of sp³-hybridized carbons (Fsp3) is 0.267. The normalized spacial score (nSPS) is 13.8. The third-order valence-corrected chi connectivity index (χ3v) is 3.22. The van der Waals surface area contributed by atoms with E-state index in [9.17, 15) is 9.59 Å². The number of oxazole rings is 1. The molecular formula is C15H15N3O3. The predicted molar refractivity (Wildman–Crippen MR) is 77.0 cm³/mol. The Morgan fingerprint density at radius 1 is 1.19 bits per heavy atom. The van der Waals surface area contributed by atoms with E-state index in [0.717, 1.165) is 18.4 Å². The van der Waals surface area contributed by atoms with Crippen molar-refractivity contribution in [3.8, 4) is 0 Å². The summed E-state index contributed by atoms with van der Waals surface area (Å²) < 4.78 is 5.09. The molecule has 1 aliphatic carbocycles. The van der Waals surface area contributed by atoms with Crippen molar-refractivity contribution in [2.45, 2.75) is 19.8 Å². The van der Waals surface area contributed by atoms with Crippen molar-refractivity contribution >= 4 is 23.5 Å². The summed E-state index contributed by atoms with van der Waals surface area (Å²) in [6.07, 6.45) is 3.02. The summed E-state index contributed by atoms with van der Waals surface area (Å²) in [5.74, 6) is -0.432. The summed E-state index contributed by atoms with van der Waals surface area (Å²) in [6, 6.07) is 7.48. The lowest BCUT2D eigenvalue weighted by atomic mass is 10.2. The van der Waals surface area contributed by atoms with Crippen molar-refractivity contribution in [1.29, 1.82) is 0 Å². The highest BCUT2D eigenvalue weighted by molar-refractivity contribution is 6.03. The van der Waals surface area contributed by atoms with Crippen molar-refractivity contribution in [2.24, 2.45) is 5.92 Å². The van der Waals surface area contributed by atoms with E-state index in [2.05, 4.69) is 15.6 Å². The van der Waals surface area contributed by atoms with Gasteiger partial charge in [0.05, 0.1) is 0 Å². The fourth-order valence-corrected chi connectivity index (χ4v) is 1.82. The first-order valence-corrected chi connectivity index (χ1v) is 6.76. The van der Waals surface area contributed by atoms with Crippen LogP contribution in [0, 0.1) is 12.8 Å². The van der Waals surface area contributed by atoms with Crippen molar-refractivity contribution < 1.29 is 14.0 Å². The van der Waals surface area contributed by atoms with Crippen LogP contribution in [0.4, 0.5) is 11.7 Å². The number of anilines is 2. The lowest BCUT2D eigenvalue weighted by Gasteiger charge is -2.02. The van der Waals surface area contributed by atoms with Gasteiger partial charge in [-0.25, -0.2) is 0 Å². The number of benzene rings is 1. The molecule has 6 nitrogen and oxygen atoms in total. The summed E-state index contributed by atoms with van der Waals surface area (Å²) in [6.45, 7) is 1.97. The van der Waals surface area contributed by atoms with Gasteiger partial charge in [0.1, 0.15) is 6.26 Å². The first-order valence-electron chi connectivity index (χ1n) is 6.76. The maximum atomic E-state index is 12.0. The first kappa shape index (κ1) is 13.4. The molecule has 1 aliphatic rings. The largest absolute Gasteiger partial charge is 0.431 e. The molecule has 0 radical (unpaired) electrons. The molecule has 1 heterocycles. The number of nitrogens with one attached hydrogen (secondary N) is 2. The summed E-state index contributed by atoms with van der Waals surface area (Å²) in [5.41, 5.74) is 1.92. The molecular weight excluding hydrogens is 270 g/mol. The van der Waals surface area contributed by atoms with Gasteiger partial charge in [-0.3, -0.25) is 14.9 Å². The molecule has 1 aromatic carbocycles. The standard InChI is InChI=1S/C15H15N3O3/c1-9-2-6-11(7-3-9)16-14(20)12-8-21-15(17-12)18-13(19)10-4-5-10/h2-3,6-8,10H,4-5H2,1H3,(H,16,20)(H,17,18,19). The number of carbonyl (C=O) groups is 2. The number of nitrogens with zero attached hydrogens (tertiary/aromatic N) is 1. The van der Waals surface area contributed by atoms with E-state index in [-0.39, 0.29) is 29.4 Å². The molecule has 3 rings (SSSR count). The average Bonchev–Trinajstić information content (AvgIpc) is 3.22. The first-order chi connectivity index (χ1) is 10.1. The van der Waals surface area contributed by atoms with Gasteiger partial charge in [-0.2, -0.15) is 4.98 Å². The zero-order valence-corrected chi connectivity index (χ0v) is 11.6. The third-order valence-electron chi connectivity index (χ3n) is 3.22. The fourth-order valence-electron chi connectivity index (χ4n) is 1.82. The number of carbonyl (C=O) groups excluding carboxylic acids is 2. The molecule has 6 heteroatoms. The van der Waals surface area contributed by atoms with E-state index in [0.29, 0.717) is 5.69 Å². The molecule has 2 N–H and O–H groups in total. The highest BCUT2D eigenvalue weighted by atomic mass is 16.4. The maximum absolute atomic E-state index is 12.0. The Balaban J connectivity index is 1.63. The molecule has 0 spiro atoms. The molecule has 1 saturated carbocycles. The second kappa shape index (κ2) is 5.40. The average molecular weight is 285 g/mol. The molecule has 108 valence electrons. The van der Waals surface area contributed by atoms with Gasteiger partial charge >= 0.3 is 6.01 Å². The molecule has 1 aromatic heterocycles. The SMILES string of the molecule is Cc1ccc(NC(=O)c2coc(NC(=O)C3CC3)n2)cc1. The van der Waals surface area contributed by atoms with Gasteiger partial charge in [0, 0.05) is 11.6 Å². The van der Waals surface area contributed by atoms with Crippen molar-refractivity contribution in [3.63, 3.8) is 0 Å². The Morgan fingerprint density at radius 2 is 1.90 bits per heavy atom. The minimum absolute atomic E-state index is 0.0564. The summed E-state index contributed by atoms with van der Waals surface area (Å²) in [4.78, 5) is 27.5. The summed E-state index contributed by atoms with van der Waals surface area (Å²) in [5, 5.41) is 5.27. The highest BCUT2D eigenvalue weighted by Crippen LogP contribution is 2.30. The summed E-state index contributed by atoms with van der Waals surface area (Å²) in [7, 11) is 0. The number of hydrogen-bond acceptors (Lipinski definition) is 4. The quantitative estimate of drug-likeness (QED) is 0.904. The molecule has 0 atom stereocenters. The van der Waals surface area contributed by atoms with Crippen LogP contribution in [-0.2, 0) is 4.79 Å². The number of aromatic nitrogens is 1. The highest BCUT2D eigenvalue weighted by Gasteiger charge is 2.30. The van der Waals surface area contributed by atoms with Crippen LogP contribution in [0.2, 0.25) is 0 Å². The Kier molecular flexibility index (Phi) is 3.43. The molecule has 21 heavy (non-hydrogen) atoms. The summed E-state index contributed by atoms with van der Waals surface area (Å²) >= 11 is 0. The molecule has 0 saturated heterocycles. The van der Waals surface area contributed by atoms with Crippen molar-refractivity contribution in [2.75, 3.05) is 10.6 Å². The van der Waals surface area contributed by atoms with E-state index in [4.69, 9.17) is 4.42 Å². The number of rotatable bonds is 4. The van der Waals surface area contributed by atoms with Crippen LogP contribution in [0.3, 0.4) is 0 Å². The lowest BCUT2D eigenvalue weighted by Crippen LogP contribution is -2.15. The number of hydrogen-bond donors (Lipinski definition) is 2. The number of aryl methyl sites for hydroxylation is 1. The van der Waals surface area contributed by atoms with Gasteiger partial charge in [-0.05, 0) is 31.9 Å². The van der Waals surface area contributed by atoms with Gasteiger partial charge in [-0.15, -0.1) is 0 Å². The maximum Gasteiger partial charge on any atom is 0.302 e. The Bertz CT molecular complexity index is 672. The zero-order valence-electron chi connectivity index (χ0n) is 11.6. The van der Waals surface area contributed by atoms with Crippen LogP contribution in [0.1, 0.15) is 28.9 Å². The second-order valence-electron chi connectivity index (χ2n) is 5.12. The monoisotopic (exact) mass is 285 g/mol. The van der Waals surface area contributed by atoms with E-state index in [1.54, 1.807) is 0 Å². The van der Waals surface area contributed by atoms with Crippen molar-refractivity contribution in [1.82, 2.24) is 4.98 Å². The van der Waals surface area contributed by atoms with Crippen LogP contribution in [-0.4, -0.2) is 16.8 Å². The Labute approximate surface area is 121 Å². The van der Waals surface area contributed by atoms with Crippen LogP contribution in [0.15, 0.2) is 34.9 Å². The number of amides is 2. The van der Waals surface area contributed by atoms with E-state index in [1.165, 1.54) is 6.26 Å². The van der Waals surface area contributed by atoms with Gasteiger partial charge in [0.25, 0.3) is 5.91 Å². The van der Waals surface area contributed by atoms with Crippen LogP contribution in [0.25, 0.3) is 0 Å². The molecule has 2 amide bonds. The van der Waals surface area contributed by atoms with Crippen LogP contribution in [0.5, 0.6) is 0 Å². The minimum atomic E-state index is -0.380. The topological polar surface area (TPSA) is 84.2 Å².